The van der Waals surface area contributed by atoms with Gasteiger partial charge in [-0.1, -0.05) is 67.1 Å². The first-order valence-corrected chi connectivity index (χ1v) is 15.3. The molecule has 1 atom stereocenters. The fraction of sp³-hybridized carbons (Fsp3) is 0.355. The molecule has 3 aromatic carbocycles. The number of ether oxygens (including phenoxy) is 1. The monoisotopic (exact) mass is 599 g/mol. The lowest BCUT2D eigenvalue weighted by atomic mass is 10.1. The van der Waals surface area contributed by atoms with Gasteiger partial charge in [0, 0.05) is 17.1 Å². The van der Waals surface area contributed by atoms with Crippen molar-refractivity contribution in [3.05, 3.63) is 89.4 Å². The lowest BCUT2D eigenvalue weighted by Gasteiger charge is -2.35. The van der Waals surface area contributed by atoms with Crippen LogP contribution in [0.3, 0.4) is 0 Å². The van der Waals surface area contributed by atoms with Crippen LogP contribution in [-0.4, -0.2) is 56.9 Å². The number of hydrogen-bond donors (Lipinski definition) is 1. The summed E-state index contributed by atoms with van der Waals surface area (Å²) in [5, 5.41) is 3.24. The lowest BCUT2D eigenvalue weighted by Crippen LogP contribution is -2.56. The molecule has 0 bridgehead atoms. The van der Waals surface area contributed by atoms with E-state index < -0.39 is 34.1 Å². The SMILES string of the molecule is CC[C@@H](C(=O)NC(C)(C)C)N(CCc1ccccc1)C(=O)CN(c1cc(Cl)ccc1OC)S(=O)(=O)c1ccccc1. The Morgan fingerprint density at radius 3 is 2.15 bits per heavy atom. The molecular weight excluding hydrogens is 562 g/mol. The van der Waals surface area contributed by atoms with Crippen molar-refractivity contribution < 1.29 is 22.7 Å². The second kappa shape index (κ2) is 13.9. The van der Waals surface area contributed by atoms with E-state index in [0.717, 1.165) is 9.87 Å². The Kier molecular flexibility index (Phi) is 10.8. The molecule has 0 fully saturated rings. The van der Waals surface area contributed by atoms with Gasteiger partial charge in [0.2, 0.25) is 11.8 Å². The molecule has 0 aliphatic heterocycles. The van der Waals surface area contributed by atoms with Crippen LogP contribution in [0.2, 0.25) is 5.02 Å². The number of nitrogens with zero attached hydrogens (tertiary/aromatic N) is 2. The van der Waals surface area contributed by atoms with E-state index in [1.165, 1.54) is 30.2 Å². The van der Waals surface area contributed by atoms with Crippen molar-refractivity contribution in [3.63, 3.8) is 0 Å². The first-order chi connectivity index (χ1) is 19.4. The van der Waals surface area contributed by atoms with Gasteiger partial charge in [-0.15, -0.1) is 0 Å². The summed E-state index contributed by atoms with van der Waals surface area (Å²) in [6, 6.07) is 21.2. The van der Waals surface area contributed by atoms with Crippen molar-refractivity contribution in [2.45, 2.75) is 57.0 Å². The molecule has 0 spiro atoms. The number of carbonyl (C=O) groups is 2. The van der Waals surface area contributed by atoms with Crippen molar-refractivity contribution in [2.24, 2.45) is 0 Å². The maximum atomic E-state index is 14.1. The molecule has 41 heavy (non-hydrogen) atoms. The van der Waals surface area contributed by atoms with E-state index in [1.807, 2.05) is 58.0 Å². The zero-order chi connectivity index (χ0) is 30.2. The van der Waals surface area contributed by atoms with Gasteiger partial charge < -0.3 is 15.0 Å². The third-order valence-electron chi connectivity index (χ3n) is 6.39. The van der Waals surface area contributed by atoms with E-state index in [2.05, 4.69) is 5.32 Å². The summed E-state index contributed by atoms with van der Waals surface area (Å²) >= 11 is 6.28. The fourth-order valence-corrected chi connectivity index (χ4v) is 6.04. The molecule has 2 amide bonds. The van der Waals surface area contributed by atoms with Gasteiger partial charge in [0.25, 0.3) is 10.0 Å². The van der Waals surface area contributed by atoms with Gasteiger partial charge in [0.05, 0.1) is 17.7 Å². The molecule has 0 saturated heterocycles. The maximum absolute atomic E-state index is 14.1. The number of carbonyl (C=O) groups excluding carboxylic acids is 2. The van der Waals surface area contributed by atoms with E-state index >= 15 is 0 Å². The van der Waals surface area contributed by atoms with Crippen molar-refractivity contribution >= 4 is 39.1 Å². The highest BCUT2D eigenvalue weighted by molar-refractivity contribution is 7.92. The van der Waals surface area contributed by atoms with Crippen LogP contribution in [0.25, 0.3) is 0 Å². The molecule has 0 radical (unpaired) electrons. The summed E-state index contributed by atoms with van der Waals surface area (Å²) in [5.74, 6) is -0.604. The van der Waals surface area contributed by atoms with Gasteiger partial charge in [-0.2, -0.15) is 0 Å². The van der Waals surface area contributed by atoms with Gasteiger partial charge in [0.1, 0.15) is 18.3 Å². The number of methoxy groups -OCH3 is 1. The summed E-state index contributed by atoms with van der Waals surface area (Å²) in [6.07, 6.45) is 0.826. The van der Waals surface area contributed by atoms with E-state index in [0.29, 0.717) is 12.8 Å². The third-order valence-corrected chi connectivity index (χ3v) is 8.40. The minimum atomic E-state index is -4.23. The average molecular weight is 600 g/mol. The second-order valence-corrected chi connectivity index (χ2v) is 12.9. The highest BCUT2D eigenvalue weighted by Crippen LogP contribution is 2.35. The highest BCUT2D eigenvalue weighted by Gasteiger charge is 2.35. The number of sulfonamides is 1. The molecule has 0 aromatic heterocycles. The lowest BCUT2D eigenvalue weighted by molar-refractivity contribution is -0.140. The minimum Gasteiger partial charge on any atom is -0.495 e. The molecule has 8 nitrogen and oxygen atoms in total. The zero-order valence-corrected chi connectivity index (χ0v) is 25.7. The predicted molar refractivity (Wildman–Crippen MR) is 163 cm³/mol. The Morgan fingerprint density at radius 1 is 0.976 bits per heavy atom. The van der Waals surface area contributed by atoms with Crippen molar-refractivity contribution in [3.8, 4) is 5.75 Å². The molecule has 1 N–H and O–H groups in total. The van der Waals surface area contributed by atoms with Crippen LogP contribution in [0.15, 0.2) is 83.8 Å². The number of rotatable bonds is 12. The number of benzene rings is 3. The van der Waals surface area contributed by atoms with E-state index in [9.17, 15) is 18.0 Å². The smallest absolute Gasteiger partial charge is 0.264 e. The van der Waals surface area contributed by atoms with Crippen LogP contribution < -0.4 is 14.4 Å². The standard InChI is InChI=1S/C31H38ClN3O5S/c1-6-26(30(37)33-31(2,3)4)34(20-19-23-13-9-7-10-14-23)29(36)22-35(27-21-24(32)17-18-28(27)40-5)41(38,39)25-15-11-8-12-16-25/h7-18,21,26H,6,19-20,22H2,1-5H3,(H,33,37)/t26-/m0/s1. The molecule has 0 aliphatic carbocycles. The second-order valence-electron chi connectivity index (χ2n) is 10.6. The highest BCUT2D eigenvalue weighted by atomic mass is 35.5. The van der Waals surface area contributed by atoms with Crippen LogP contribution >= 0.6 is 11.6 Å². The summed E-state index contributed by atoms with van der Waals surface area (Å²) in [4.78, 5) is 29.0. The van der Waals surface area contributed by atoms with Gasteiger partial charge >= 0.3 is 0 Å². The van der Waals surface area contributed by atoms with Crippen LogP contribution in [0.4, 0.5) is 5.69 Å². The molecule has 0 unspecified atom stereocenters. The largest absolute Gasteiger partial charge is 0.495 e. The Labute approximate surface area is 248 Å². The molecule has 3 rings (SSSR count). The predicted octanol–water partition coefficient (Wildman–Crippen LogP) is 5.31. The van der Waals surface area contributed by atoms with E-state index in [4.69, 9.17) is 16.3 Å². The number of nitrogens with one attached hydrogen (secondary N) is 1. The number of anilines is 1. The topological polar surface area (TPSA) is 96.0 Å². The zero-order valence-electron chi connectivity index (χ0n) is 24.1. The van der Waals surface area contributed by atoms with Crippen LogP contribution in [0.1, 0.15) is 39.7 Å². The van der Waals surface area contributed by atoms with Crippen LogP contribution in [0.5, 0.6) is 5.75 Å². The summed E-state index contributed by atoms with van der Waals surface area (Å²) in [7, 11) is -2.82. The minimum absolute atomic E-state index is 0.00295. The quantitative estimate of drug-likeness (QED) is 0.304. The number of amides is 2. The van der Waals surface area contributed by atoms with E-state index in [1.54, 1.807) is 30.3 Å². The van der Waals surface area contributed by atoms with Crippen molar-refractivity contribution in [2.75, 3.05) is 24.5 Å². The Balaban J connectivity index is 2.08. The molecule has 3 aromatic rings. The van der Waals surface area contributed by atoms with Crippen LogP contribution in [-0.2, 0) is 26.0 Å². The van der Waals surface area contributed by atoms with Gasteiger partial charge in [-0.3, -0.25) is 13.9 Å². The molecule has 0 saturated carbocycles. The van der Waals surface area contributed by atoms with Gasteiger partial charge in [-0.05, 0) is 69.5 Å². The molecule has 10 heteroatoms. The normalized spacial score (nSPS) is 12.3. The molecular formula is C31H38ClN3O5S. The number of halogens is 1. The number of hydrogen-bond acceptors (Lipinski definition) is 5. The molecule has 0 heterocycles. The molecule has 0 aliphatic rings. The van der Waals surface area contributed by atoms with Gasteiger partial charge in [0.15, 0.2) is 0 Å². The van der Waals surface area contributed by atoms with E-state index in [-0.39, 0.29) is 33.8 Å². The van der Waals surface area contributed by atoms with Crippen molar-refractivity contribution in [1.82, 2.24) is 10.2 Å². The Hall–Kier alpha value is -3.56. The first kappa shape index (κ1) is 32.0. The van der Waals surface area contributed by atoms with Crippen LogP contribution in [0, 0.1) is 0 Å². The van der Waals surface area contributed by atoms with Gasteiger partial charge in [-0.25, -0.2) is 8.42 Å². The summed E-state index contributed by atoms with van der Waals surface area (Å²) in [6.45, 7) is 7.08. The Bertz CT molecular complexity index is 1430. The van der Waals surface area contributed by atoms with Crippen molar-refractivity contribution in [1.29, 1.82) is 0 Å². The first-order valence-electron chi connectivity index (χ1n) is 13.4. The average Bonchev–Trinajstić information content (AvgIpc) is 2.93. The fourth-order valence-electron chi connectivity index (χ4n) is 4.44. The maximum Gasteiger partial charge on any atom is 0.264 e. The Morgan fingerprint density at radius 2 is 1.59 bits per heavy atom. The summed E-state index contributed by atoms with van der Waals surface area (Å²) in [5.41, 5.74) is 0.587. The molecule has 220 valence electrons. The third kappa shape index (κ3) is 8.47. The summed E-state index contributed by atoms with van der Waals surface area (Å²) < 4.78 is 34.4.